The number of rotatable bonds is 2. The highest BCUT2D eigenvalue weighted by molar-refractivity contribution is 6.16. The molecule has 2 heterocycles. The van der Waals surface area contributed by atoms with Gasteiger partial charge in [-0.1, -0.05) is 6.92 Å². The van der Waals surface area contributed by atoms with Crippen molar-refractivity contribution in [3.63, 3.8) is 0 Å². The standard InChI is InChI=1S/C13H12N4O3/c1-2-9-8-5-14-17-12(18)7-3-6(15-13(19)20)4-10(16-9)11(7)8/h3-5,15-16H,2H2,1H3,(H,17,18)(H,19,20). The van der Waals surface area contributed by atoms with Gasteiger partial charge in [-0.05, 0) is 18.6 Å². The molecule has 0 atom stereocenters. The van der Waals surface area contributed by atoms with Gasteiger partial charge in [-0.15, -0.1) is 0 Å². The van der Waals surface area contributed by atoms with Crippen molar-refractivity contribution in [3.05, 3.63) is 29.0 Å². The summed E-state index contributed by atoms with van der Waals surface area (Å²) in [5.74, 6) is -0.360. The van der Waals surface area contributed by atoms with Crippen LogP contribution < -0.4 is 10.7 Å². The minimum Gasteiger partial charge on any atom is -0.465 e. The number of carboxylic acid groups (broad SMARTS) is 1. The quantitative estimate of drug-likeness (QED) is 0.670. The van der Waals surface area contributed by atoms with Crippen LogP contribution in [-0.2, 0) is 6.42 Å². The number of carbonyl (C=O) groups is 2. The summed E-state index contributed by atoms with van der Waals surface area (Å²) in [5, 5.41) is 15.7. The Morgan fingerprint density at radius 3 is 2.95 bits per heavy atom. The molecule has 7 nitrogen and oxygen atoms in total. The van der Waals surface area contributed by atoms with E-state index >= 15 is 0 Å². The number of hydrazone groups is 1. The number of nitrogens with one attached hydrogen (secondary N) is 3. The zero-order valence-electron chi connectivity index (χ0n) is 10.7. The van der Waals surface area contributed by atoms with Gasteiger partial charge in [0.05, 0.1) is 11.8 Å². The number of aryl methyl sites for hydroxylation is 1. The summed E-state index contributed by atoms with van der Waals surface area (Å²) in [7, 11) is 0. The lowest BCUT2D eigenvalue weighted by Crippen LogP contribution is -2.17. The highest BCUT2D eigenvalue weighted by Crippen LogP contribution is 2.30. The van der Waals surface area contributed by atoms with Crippen molar-refractivity contribution in [1.82, 2.24) is 10.4 Å². The maximum atomic E-state index is 12.0. The first-order valence-electron chi connectivity index (χ1n) is 6.12. The number of aromatic nitrogens is 1. The van der Waals surface area contributed by atoms with Gasteiger partial charge in [-0.2, -0.15) is 5.10 Å². The summed E-state index contributed by atoms with van der Waals surface area (Å²) in [6.07, 6.45) is 1.19. The Hall–Kier alpha value is -2.83. The van der Waals surface area contributed by atoms with Crippen LogP contribution in [0, 0.1) is 0 Å². The average Bonchev–Trinajstić information content (AvgIpc) is 2.65. The molecule has 102 valence electrons. The average molecular weight is 272 g/mol. The van der Waals surface area contributed by atoms with Crippen molar-refractivity contribution in [2.45, 2.75) is 13.3 Å². The third-order valence-corrected chi connectivity index (χ3v) is 3.23. The Morgan fingerprint density at radius 2 is 2.25 bits per heavy atom. The van der Waals surface area contributed by atoms with Crippen molar-refractivity contribution in [2.24, 2.45) is 5.10 Å². The smallest absolute Gasteiger partial charge is 0.409 e. The predicted molar refractivity (Wildman–Crippen MR) is 74.4 cm³/mol. The van der Waals surface area contributed by atoms with Gasteiger partial charge >= 0.3 is 6.09 Å². The van der Waals surface area contributed by atoms with E-state index in [2.05, 4.69) is 20.8 Å². The number of carbonyl (C=O) groups excluding carboxylic acids is 1. The lowest BCUT2D eigenvalue weighted by molar-refractivity contribution is 0.0957. The van der Waals surface area contributed by atoms with Crippen LogP contribution >= 0.6 is 0 Å². The molecule has 0 saturated carbocycles. The Labute approximate surface area is 113 Å². The van der Waals surface area contributed by atoms with Crippen molar-refractivity contribution in [1.29, 1.82) is 0 Å². The first-order chi connectivity index (χ1) is 9.60. The second-order valence-corrected chi connectivity index (χ2v) is 4.45. The molecule has 3 rings (SSSR count). The molecule has 2 amide bonds. The van der Waals surface area contributed by atoms with Gasteiger partial charge in [0.1, 0.15) is 0 Å². The maximum absolute atomic E-state index is 12.0. The van der Waals surface area contributed by atoms with Crippen LogP contribution in [0.2, 0.25) is 0 Å². The SMILES string of the molecule is CCc1[nH]c2cc(NC(=O)O)cc3c2c1C=NNC3=O. The maximum Gasteiger partial charge on any atom is 0.409 e. The minimum atomic E-state index is -1.18. The van der Waals surface area contributed by atoms with E-state index in [1.54, 1.807) is 12.3 Å². The molecule has 1 aliphatic rings. The molecule has 2 aromatic rings. The molecule has 0 bridgehead atoms. The predicted octanol–water partition coefficient (Wildman–Crippen LogP) is 1.90. The van der Waals surface area contributed by atoms with Gasteiger partial charge in [0, 0.05) is 27.8 Å². The summed E-state index contributed by atoms with van der Waals surface area (Å²) in [4.78, 5) is 26.0. The molecule has 0 unspecified atom stereocenters. The van der Waals surface area contributed by atoms with Crippen LogP contribution in [0.5, 0.6) is 0 Å². The van der Waals surface area contributed by atoms with Gasteiger partial charge in [0.15, 0.2) is 0 Å². The molecule has 0 saturated heterocycles. The highest BCUT2D eigenvalue weighted by atomic mass is 16.4. The number of hydrogen-bond donors (Lipinski definition) is 4. The zero-order valence-corrected chi connectivity index (χ0v) is 10.7. The molecule has 20 heavy (non-hydrogen) atoms. The molecule has 0 fully saturated rings. The molecule has 0 aliphatic carbocycles. The molecule has 4 N–H and O–H groups in total. The van der Waals surface area contributed by atoms with Crippen molar-refractivity contribution >= 4 is 34.8 Å². The molecule has 1 aromatic carbocycles. The van der Waals surface area contributed by atoms with Crippen molar-refractivity contribution < 1.29 is 14.7 Å². The van der Waals surface area contributed by atoms with Crippen LogP contribution in [0.3, 0.4) is 0 Å². The summed E-state index contributed by atoms with van der Waals surface area (Å²) in [6.45, 7) is 1.99. The largest absolute Gasteiger partial charge is 0.465 e. The van der Waals surface area contributed by atoms with Crippen LogP contribution in [0.25, 0.3) is 10.9 Å². The number of amides is 2. The van der Waals surface area contributed by atoms with Gasteiger partial charge in [0.25, 0.3) is 5.91 Å². The van der Waals surface area contributed by atoms with E-state index in [1.165, 1.54) is 6.07 Å². The lowest BCUT2D eigenvalue weighted by atomic mass is 10.0. The third-order valence-electron chi connectivity index (χ3n) is 3.23. The summed E-state index contributed by atoms with van der Waals surface area (Å²) >= 11 is 0. The summed E-state index contributed by atoms with van der Waals surface area (Å²) < 4.78 is 0. The van der Waals surface area contributed by atoms with Crippen LogP contribution in [0.4, 0.5) is 10.5 Å². The van der Waals surface area contributed by atoms with Crippen molar-refractivity contribution in [2.75, 3.05) is 5.32 Å². The van der Waals surface area contributed by atoms with Gasteiger partial charge in [-0.3, -0.25) is 10.1 Å². The summed E-state index contributed by atoms with van der Waals surface area (Å²) in [5.41, 5.74) is 5.67. The Bertz CT molecular complexity index is 761. The number of nitrogens with zero attached hydrogens (tertiary/aromatic N) is 1. The monoisotopic (exact) mass is 272 g/mol. The van der Waals surface area contributed by atoms with E-state index in [0.29, 0.717) is 16.8 Å². The molecule has 7 heteroatoms. The van der Waals surface area contributed by atoms with Gasteiger partial charge in [-0.25, -0.2) is 10.2 Å². The zero-order chi connectivity index (χ0) is 14.3. The van der Waals surface area contributed by atoms with E-state index < -0.39 is 6.09 Å². The molecular formula is C13H12N4O3. The molecule has 0 spiro atoms. The first kappa shape index (κ1) is 12.2. The Balaban J connectivity index is 2.32. The highest BCUT2D eigenvalue weighted by Gasteiger charge is 2.20. The van der Waals surface area contributed by atoms with Crippen LogP contribution in [0.15, 0.2) is 17.2 Å². The van der Waals surface area contributed by atoms with Gasteiger partial charge in [0.2, 0.25) is 0 Å². The normalized spacial score (nSPS) is 13.2. The Kier molecular flexibility index (Phi) is 2.67. The van der Waals surface area contributed by atoms with E-state index in [0.717, 1.165) is 23.1 Å². The topological polar surface area (TPSA) is 107 Å². The van der Waals surface area contributed by atoms with Crippen molar-refractivity contribution in [3.8, 4) is 0 Å². The molecule has 0 radical (unpaired) electrons. The number of anilines is 1. The number of H-pyrrole nitrogens is 1. The minimum absolute atomic E-state index is 0.340. The van der Waals surface area contributed by atoms with E-state index in [-0.39, 0.29) is 5.91 Å². The fraction of sp³-hybridized carbons (Fsp3) is 0.154. The fourth-order valence-corrected chi connectivity index (χ4v) is 2.42. The fourth-order valence-electron chi connectivity index (χ4n) is 2.42. The molecular weight excluding hydrogens is 260 g/mol. The summed E-state index contributed by atoms with van der Waals surface area (Å²) in [6, 6.07) is 3.18. The molecule has 1 aromatic heterocycles. The number of benzene rings is 1. The lowest BCUT2D eigenvalue weighted by Gasteiger charge is -2.05. The van der Waals surface area contributed by atoms with E-state index in [4.69, 9.17) is 5.11 Å². The Morgan fingerprint density at radius 1 is 1.45 bits per heavy atom. The molecule has 1 aliphatic heterocycles. The van der Waals surface area contributed by atoms with Crippen LogP contribution in [0.1, 0.15) is 28.5 Å². The second kappa shape index (κ2) is 4.37. The van der Waals surface area contributed by atoms with Gasteiger partial charge < -0.3 is 10.1 Å². The second-order valence-electron chi connectivity index (χ2n) is 4.45. The van der Waals surface area contributed by atoms with Crippen LogP contribution in [-0.4, -0.2) is 28.3 Å². The first-order valence-corrected chi connectivity index (χ1v) is 6.12. The number of hydrogen-bond acceptors (Lipinski definition) is 3. The van der Waals surface area contributed by atoms with E-state index in [9.17, 15) is 9.59 Å². The van der Waals surface area contributed by atoms with E-state index in [1.807, 2.05) is 6.92 Å². The number of aromatic amines is 1. The third kappa shape index (κ3) is 1.80.